The van der Waals surface area contributed by atoms with Crippen molar-refractivity contribution in [1.82, 2.24) is 9.55 Å². The molecule has 98 valence electrons. The maximum Gasteiger partial charge on any atom is 0.164 e. The van der Waals surface area contributed by atoms with E-state index in [0.29, 0.717) is 12.2 Å². The smallest absolute Gasteiger partial charge is 0.164 e. The van der Waals surface area contributed by atoms with Crippen molar-refractivity contribution in [1.29, 1.82) is 0 Å². The highest BCUT2D eigenvalue weighted by molar-refractivity contribution is 5.97. The highest BCUT2D eigenvalue weighted by Crippen LogP contribution is 2.21. The van der Waals surface area contributed by atoms with Crippen molar-refractivity contribution in [2.45, 2.75) is 38.6 Å². The molecule has 0 unspecified atom stereocenters. The Labute approximate surface area is 113 Å². The minimum absolute atomic E-state index is 0.313. The quantitative estimate of drug-likeness (QED) is 0.789. The Bertz CT molecular complexity index is 572. The Hall–Kier alpha value is -1.90. The molecule has 1 aliphatic carbocycles. The minimum atomic E-state index is 0.313. The van der Waals surface area contributed by atoms with Gasteiger partial charge in [0.05, 0.1) is 0 Å². The van der Waals surface area contributed by atoms with E-state index in [4.69, 9.17) is 0 Å². The molecule has 3 nitrogen and oxygen atoms in total. The summed E-state index contributed by atoms with van der Waals surface area (Å²) in [5, 5.41) is 0. The van der Waals surface area contributed by atoms with Crippen LogP contribution in [0.3, 0.4) is 0 Å². The number of nitrogens with zero attached hydrogens (tertiary/aromatic N) is 2. The fourth-order valence-corrected chi connectivity index (χ4v) is 2.67. The average molecular weight is 254 g/mol. The van der Waals surface area contributed by atoms with Crippen LogP contribution in [-0.2, 0) is 19.4 Å². The van der Waals surface area contributed by atoms with Crippen LogP contribution >= 0.6 is 0 Å². The minimum Gasteiger partial charge on any atom is -0.353 e. The second-order valence-corrected chi connectivity index (χ2v) is 5.18. The van der Waals surface area contributed by atoms with E-state index < -0.39 is 0 Å². The van der Waals surface area contributed by atoms with Gasteiger partial charge in [0.15, 0.2) is 5.78 Å². The summed E-state index contributed by atoms with van der Waals surface area (Å²) in [6.07, 6.45) is 12.7. The predicted octanol–water partition coefficient (Wildman–Crippen LogP) is 3.03. The van der Waals surface area contributed by atoms with Crippen molar-refractivity contribution in [2.24, 2.45) is 0 Å². The van der Waals surface area contributed by atoms with E-state index in [1.54, 1.807) is 6.20 Å². The molecular formula is C16H18N2O. The van der Waals surface area contributed by atoms with Crippen LogP contribution in [0, 0.1) is 0 Å². The number of rotatable bonds is 3. The number of carbonyl (C=O) groups is 1. The van der Waals surface area contributed by atoms with Crippen LogP contribution in [0.4, 0.5) is 0 Å². The monoisotopic (exact) mass is 254 g/mol. The molecule has 0 spiro atoms. The Morgan fingerprint density at radius 1 is 1.21 bits per heavy atom. The number of carbonyl (C=O) groups excluding carboxylic acids is 1. The summed E-state index contributed by atoms with van der Waals surface area (Å²) in [5.41, 5.74) is 3.41. The third-order valence-electron chi connectivity index (χ3n) is 3.74. The van der Waals surface area contributed by atoms with Gasteiger partial charge in [-0.1, -0.05) is 6.07 Å². The molecule has 3 rings (SSSR count). The maximum atomic E-state index is 12.0. The van der Waals surface area contributed by atoms with Gasteiger partial charge in [-0.05, 0) is 42.9 Å². The number of aromatic nitrogens is 2. The van der Waals surface area contributed by atoms with Crippen molar-refractivity contribution < 1.29 is 4.79 Å². The zero-order valence-electron chi connectivity index (χ0n) is 11.0. The van der Waals surface area contributed by atoms with Crippen LogP contribution in [-0.4, -0.2) is 15.3 Å². The van der Waals surface area contributed by atoms with Gasteiger partial charge in [-0.15, -0.1) is 0 Å². The van der Waals surface area contributed by atoms with Crippen molar-refractivity contribution in [3.05, 3.63) is 53.6 Å². The van der Waals surface area contributed by atoms with E-state index in [1.165, 1.54) is 11.1 Å². The first-order valence-corrected chi connectivity index (χ1v) is 6.94. The van der Waals surface area contributed by atoms with Gasteiger partial charge in [0, 0.05) is 43.3 Å². The van der Waals surface area contributed by atoms with Gasteiger partial charge in [0.25, 0.3) is 0 Å². The van der Waals surface area contributed by atoms with E-state index in [-0.39, 0.29) is 0 Å². The van der Waals surface area contributed by atoms with E-state index in [9.17, 15) is 4.79 Å². The lowest BCUT2D eigenvalue weighted by atomic mass is 10.1. The van der Waals surface area contributed by atoms with Crippen molar-refractivity contribution >= 4 is 5.78 Å². The van der Waals surface area contributed by atoms with Crippen LogP contribution < -0.4 is 0 Å². The summed E-state index contributed by atoms with van der Waals surface area (Å²) in [7, 11) is 0. The van der Waals surface area contributed by atoms with Gasteiger partial charge in [0.1, 0.15) is 0 Å². The van der Waals surface area contributed by atoms with Gasteiger partial charge in [-0.2, -0.15) is 0 Å². The molecule has 0 fully saturated rings. The summed E-state index contributed by atoms with van der Waals surface area (Å²) in [6.45, 7) is 0.909. The largest absolute Gasteiger partial charge is 0.353 e. The summed E-state index contributed by atoms with van der Waals surface area (Å²) < 4.78 is 2.15. The number of ketones is 1. The van der Waals surface area contributed by atoms with Crippen LogP contribution in [0.1, 0.15) is 40.7 Å². The number of pyridine rings is 1. The Kier molecular flexibility index (Phi) is 3.45. The van der Waals surface area contributed by atoms with Gasteiger partial charge in [0.2, 0.25) is 0 Å². The van der Waals surface area contributed by atoms with Crippen LogP contribution in [0.25, 0.3) is 0 Å². The molecule has 0 aliphatic heterocycles. The summed E-state index contributed by atoms with van der Waals surface area (Å²) in [6, 6.07) is 4.05. The molecule has 19 heavy (non-hydrogen) atoms. The molecule has 0 amide bonds. The lowest BCUT2D eigenvalue weighted by molar-refractivity contribution is 0.0982. The molecule has 3 heteroatoms. The summed E-state index contributed by atoms with van der Waals surface area (Å²) in [4.78, 5) is 16.1. The second-order valence-electron chi connectivity index (χ2n) is 5.18. The standard InChI is InChI=1S/C16H18N2O/c19-16-6-2-1-5-14-11-18(12-15(14)16)9-7-13-4-3-8-17-10-13/h3-4,8,10-12H,1-2,5-7,9H2. The molecular weight excluding hydrogens is 236 g/mol. The molecule has 0 saturated heterocycles. The molecule has 2 heterocycles. The summed E-state index contributed by atoms with van der Waals surface area (Å²) in [5.74, 6) is 0.313. The predicted molar refractivity (Wildman–Crippen MR) is 74.3 cm³/mol. The average Bonchev–Trinajstić information content (AvgIpc) is 2.78. The van der Waals surface area contributed by atoms with Gasteiger partial charge in [-0.25, -0.2) is 0 Å². The lowest BCUT2D eigenvalue weighted by Crippen LogP contribution is -2.00. The molecule has 0 saturated carbocycles. The topological polar surface area (TPSA) is 34.9 Å². The number of aryl methyl sites for hydroxylation is 3. The zero-order valence-corrected chi connectivity index (χ0v) is 11.0. The molecule has 2 aromatic rings. The number of hydrogen-bond donors (Lipinski definition) is 0. The summed E-state index contributed by atoms with van der Waals surface area (Å²) >= 11 is 0. The van der Waals surface area contributed by atoms with Gasteiger partial charge < -0.3 is 4.57 Å². The first-order valence-electron chi connectivity index (χ1n) is 6.94. The molecule has 0 radical (unpaired) electrons. The van der Waals surface area contributed by atoms with Gasteiger partial charge >= 0.3 is 0 Å². The van der Waals surface area contributed by atoms with Crippen molar-refractivity contribution in [2.75, 3.05) is 0 Å². The normalized spacial score (nSPS) is 15.1. The molecule has 0 aromatic carbocycles. The molecule has 0 bridgehead atoms. The fraction of sp³-hybridized carbons (Fsp3) is 0.375. The third kappa shape index (κ3) is 2.75. The van der Waals surface area contributed by atoms with E-state index >= 15 is 0 Å². The number of Topliss-reactive ketones (excluding diaryl/α,β-unsaturated/α-hetero) is 1. The molecule has 1 aliphatic rings. The second kappa shape index (κ2) is 5.39. The fourth-order valence-electron chi connectivity index (χ4n) is 2.67. The lowest BCUT2D eigenvalue weighted by Gasteiger charge is -2.03. The Balaban J connectivity index is 1.73. The van der Waals surface area contributed by atoms with Crippen LogP contribution in [0.5, 0.6) is 0 Å². The molecule has 2 aromatic heterocycles. The van der Waals surface area contributed by atoms with E-state index in [0.717, 1.165) is 37.8 Å². The Morgan fingerprint density at radius 3 is 2.95 bits per heavy atom. The van der Waals surface area contributed by atoms with Crippen molar-refractivity contribution in [3.63, 3.8) is 0 Å². The highest BCUT2D eigenvalue weighted by atomic mass is 16.1. The van der Waals surface area contributed by atoms with Crippen LogP contribution in [0.2, 0.25) is 0 Å². The van der Waals surface area contributed by atoms with E-state index in [2.05, 4.69) is 21.8 Å². The first-order chi connectivity index (χ1) is 9.33. The highest BCUT2D eigenvalue weighted by Gasteiger charge is 2.17. The third-order valence-corrected chi connectivity index (χ3v) is 3.74. The first kappa shape index (κ1) is 12.2. The number of hydrogen-bond acceptors (Lipinski definition) is 2. The SMILES string of the molecule is O=C1CCCCc2cn(CCc3cccnc3)cc21. The van der Waals surface area contributed by atoms with Gasteiger partial charge in [-0.3, -0.25) is 9.78 Å². The Morgan fingerprint density at radius 2 is 2.11 bits per heavy atom. The molecule has 0 N–H and O–H groups in total. The maximum absolute atomic E-state index is 12.0. The van der Waals surface area contributed by atoms with Crippen LogP contribution in [0.15, 0.2) is 36.9 Å². The number of fused-ring (bicyclic) bond motifs is 1. The van der Waals surface area contributed by atoms with Crippen molar-refractivity contribution in [3.8, 4) is 0 Å². The van der Waals surface area contributed by atoms with E-state index in [1.807, 2.05) is 18.5 Å². The molecule has 0 atom stereocenters. The zero-order chi connectivity index (χ0) is 13.1.